The molecule has 0 aliphatic carbocycles. The monoisotopic (exact) mass is 177 g/mol. The van der Waals surface area contributed by atoms with Gasteiger partial charge in [-0.05, 0) is 12.5 Å². The van der Waals surface area contributed by atoms with E-state index in [4.69, 9.17) is 0 Å². The average molecular weight is 177 g/mol. The van der Waals surface area contributed by atoms with Gasteiger partial charge in [0.25, 0.3) is 0 Å². The molecule has 0 saturated heterocycles. The molecule has 0 saturated carbocycles. The van der Waals surface area contributed by atoms with Crippen molar-refractivity contribution < 1.29 is 0 Å². The van der Waals surface area contributed by atoms with Crippen LogP contribution in [0, 0.1) is 0 Å². The number of benzene rings is 1. The van der Waals surface area contributed by atoms with Gasteiger partial charge in [-0.3, -0.25) is 4.99 Å². The van der Waals surface area contributed by atoms with Crippen LogP contribution in [-0.2, 0) is 0 Å². The van der Waals surface area contributed by atoms with Crippen molar-refractivity contribution in [1.82, 2.24) is 0 Å². The Hall–Kier alpha value is -0.760. The van der Waals surface area contributed by atoms with Gasteiger partial charge >= 0.3 is 0 Å². The fourth-order valence-electron chi connectivity index (χ4n) is 1.51. The number of hydrogen-bond donors (Lipinski definition) is 0. The number of hydrogen-bond acceptors (Lipinski definition) is 2. The molecule has 12 heavy (non-hydrogen) atoms. The highest BCUT2D eigenvalue weighted by Gasteiger charge is 2.23. The fraction of sp³-hybridized carbons (Fsp3) is 0.300. The van der Waals surface area contributed by atoms with Crippen LogP contribution in [0.25, 0.3) is 0 Å². The van der Waals surface area contributed by atoms with Crippen LogP contribution in [0.5, 0.6) is 0 Å². The third-order valence-corrected chi connectivity index (χ3v) is 3.35. The van der Waals surface area contributed by atoms with Gasteiger partial charge in [0.2, 0.25) is 0 Å². The van der Waals surface area contributed by atoms with Gasteiger partial charge in [0.05, 0.1) is 5.04 Å². The van der Waals surface area contributed by atoms with E-state index in [9.17, 15) is 0 Å². The Morgan fingerprint density at radius 1 is 1.33 bits per heavy atom. The van der Waals surface area contributed by atoms with Crippen molar-refractivity contribution >= 4 is 16.8 Å². The second-order valence-corrected chi connectivity index (χ2v) is 4.21. The molecule has 1 atom stereocenters. The van der Waals surface area contributed by atoms with Crippen molar-refractivity contribution in [3.05, 3.63) is 35.4 Å². The maximum absolute atomic E-state index is 4.26. The minimum Gasteiger partial charge on any atom is -0.281 e. The molecule has 1 aliphatic rings. The molecule has 1 aromatic carbocycles. The second-order valence-electron chi connectivity index (χ2n) is 2.88. The largest absolute Gasteiger partial charge is 0.281 e. The third-order valence-electron chi connectivity index (χ3n) is 2.12. The summed E-state index contributed by atoms with van der Waals surface area (Å²) in [5.74, 6) is 0. The smallest absolute Gasteiger partial charge is 0.0982 e. The van der Waals surface area contributed by atoms with Crippen LogP contribution < -0.4 is 0 Å². The first-order valence-corrected chi connectivity index (χ1v) is 4.93. The summed E-state index contributed by atoms with van der Waals surface area (Å²) >= 11 is 1.84. The minimum atomic E-state index is 0.569. The molecule has 0 bridgehead atoms. The van der Waals surface area contributed by atoms with Gasteiger partial charge in [0.15, 0.2) is 0 Å². The molecule has 1 nitrogen and oxygen atoms in total. The molecule has 2 rings (SSSR count). The lowest BCUT2D eigenvalue weighted by atomic mass is 10.1. The number of aliphatic imine (C=N–C) groups is 1. The van der Waals surface area contributed by atoms with Crippen LogP contribution in [0.1, 0.15) is 23.3 Å². The number of nitrogens with zero attached hydrogens (tertiary/aromatic N) is 1. The van der Waals surface area contributed by atoms with Gasteiger partial charge in [0, 0.05) is 17.9 Å². The fourth-order valence-corrected chi connectivity index (χ4v) is 2.60. The summed E-state index contributed by atoms with van der Waals surface area (Å²) in [6, 6.07) is 8.50. The lowest BCUT2D eigenvalue weighted by Crippen LogP contribution is -1.88. The molecular weight excluding hydrogens is 166 g/mol. The van der Waals surface area contributed by atoms with E-state index in [0.717, 1.165) is 0 Å². The predicted octanol–water partition coefficient (Wildman–Crippen LogP) is 2.87. The normalized spacial score (nSPS) is 24.5. The van der Waals surface area contributed by atoms with Crippen LogP contribution in [0.2, 0.25) is 0 Å². The summed E-state index contributed by atoms with van der Waals surface area (Å²) in [6.45, 7) is 2.22. The van der Waals surface area contributed by atoms with Crippen LogP contribution in [0.15, 0.2) is 29.3 Å². The second kappa shape index (κ2) is 2.94. The number of fused-ring (bicyclic) bond motifs is 1. The van der Waals surface area contributed by atoms with Gasteiger partial charge in [-0.25, -0.2) is 0 Å². The Morgan fingerprint density at radius 2 is 2.08 bits per heavy atom. The van der Waals surface area contributed by atoms with Gasteiger partial charge in [-0.1, -0.05) is 36.0 Å². The van der Waals surface area contributed by atoms with E-state index >= 15 is 0 Å². The highest BCUT2D eigenvalue weighted by Crippen LogP contribution is 2.41. The van der Waals surface area contributed by atoms with Crippen molar-refractivity contribution in [2.75, 3.05) is 7.05 Å². The number of thioether (sulfide) groups is 1. The molecule has 2 heteroatoms. The first kappa shape index (κ1) is 7.87. The summed E-state index contributed by atoms with van der Waals surface area (Å²) in [6.07, 6.45) is 0. The molecule has 0 N–H and O–H groups in total. The van der Waals surface area contributed by atoms with Crippen molar-refractivity contribution in [1.29, 1.82) is 0 Å². The zero-order chi connectivity index (χ0) is 8.55. The van der Waals surface area contributed by atoms with E-state index in [1.165, 1.54) is 16.2 Å². The van der Waals surface area contributed by atoms with Crippen molar-refractivity contribution in [2.45, 2.75) is 12.2 Å². The molecule has 1 aliphatic heterocycles. The highest BCUT2D eigenvalue weighted by atomic mass is 32.2. The molecule has 62 valence electrons. The summed E-state index contributed by atoms with van der Waals surface area (Å²) in [5.41, 5.74) is 2.74. The van der Waals surface area contributed by atoms with Crippen LogP contribution in [-0.4, -0.2) is 12.1 Å². The average Bonchev–Trinajstić information content (AvgIpc) is 2.44. The quantitative estimate of drug-likeness (QED) is 0.593. The maximum atomic E-state index is 4.26. The lowest BCUT2D eigenvalue weighted by Gasteiger charge is -1.99. The first-order chi connectivity index (χ1) is 5.83. The third kappa shape index (κ3) is 1.07. The Bertz CT molecular complexity index is 330. The van der Waals surface area contributed by atoms with Crippen LogP contribution in [0.3, 0.4) is 0 Å². The molecule has 0 fully saturated rings. The topological polar surface area (TPSA) is 12.4 Å². The zero-order valence-electron chi connectivity index (χ0n) is 7.24. The SMILES string of the molecule is CN=C1SC(C)c2ccccc21. The molecule has 1 unspecified atom stereocenters. The summed E-state index contributed by atoms with van der Waals surface area (Å²) in [4.78, 5) is 4.26. The molecule has 0 radical (unpaired) electrons. The Labute approximate surface area is 76.9 Å². The standard InChI is InChI=1S/C10H11NS/c1-7-8-5-3-4-6-9(8)10(11-2)12-7/h3-7H,1-2H3. The molecular formula is C10H11NS. The summed E-state index contributed by atoms with van der Waals surface area (Å²) < 4.78 is 0. The van der Waals surface area contributed by atoms with E-state index in [-0.39, 0.29) is 0 Å². The van der Waals surface area contributed by atoms with Crippen molar-refractivity contribution in [3.8, 4) is 0 Å². The van der Waals surface area contributed by atoms with E-state index < -0.39 is 0 Å². The molecule has 0 amide bonds. The van der Waals surface area contributed by atoms with Crippen molar-refractivity contribution in [2.24, 2.45) is 4.99 Å². The van der Waals surface area contributed by atoms with Gasteiger partial charge in [-0.15, -0.1) is 0 Å². The van der Waals surface area contributed by atoms with Gasteiger partial charge < -0.3 is 0 Å². The van der Waals surface area contributed by atoms with E-state index in [1.54, 1.807) is 0 Å². The van der Waals surface area contributed by atoms with Gasteiger partial charge in [-0.2, -0.15) is 0 Å². The van der Waals surface area contributed by atoms with Gasteiger partial charge in [0.1, 0.15) is 0 Å². The lowest BCUT2D eigenvalue weighted by molar-refractivity contribution is 1.12. The molecule has 0 aromatic heterocycles. The Morgan fingerprint density at radius 3 is 2.83 bits per heavy atom. The maximum Gasteiger partial charge on any atom is 0.0982 e. The molecule has 0 spiro atoms. The predicted molar refractivity (Wildman–Crippen MR) is 54.9 cm³/mol. The highest BCUT2D eigenvalue weighted by molar-refractivity contribution is 8.15. The van der Waals surface area contributed by atoms with E-state index in [0.29, 0.717) is 5.25 Å². The van der Waals surface area contributed by atoms with Crippen molar-refractivity contribution in [3.63, 3.8) is 0 Å². The Balaban J connectivity index is 2.57. The molecule has 1 heterocycles. The van der Waals surface area contributed by atoms with E-state index in [2.05, 4.69) is 36.2 Å². The van der Waals surface area contributed by atoms with Crippen LogP contribution in [0.4, 0.5) is 0 Å². The minimum absolute atomic E-state index is 0.569. The summed E-state index contributed by atoms with van der Waals surface area (Å²) in [7, 11) is 1.86. The van der Waals surface area contributed by atoms with E-state index in [1.807, 2.05) is 18.8 Å². The Kier molecular flexibility index (Phi) is 1.93. The number of rotatable bonds is 0. The summed E-state index contributed by atoms with van der Waals surface area (Å²) in [5, 5.41) is 1.75. The van der Waals surface area contributed by atoms with Crippen LogP contribution >= 0.6 is 11.8 Å². The molecule has 1 aromatic rings. The zero-order valence-corrected chi connectivity index (χ0v) is 8.06. The first-order valence-electron chi connectivity index (χ1n) is 4.05.